The topological polar surface area (TPSA) is 113 Å². The summed E-state index contributed by atoms with van der Waals surface area (Å²) in [6, 6.07) is 18.2. The van der Waals surface area contributed by atoms with Crippen molar-refractivity contribution < 1.29 is 14.2 Å². The number of hydrogen-bond donors (Lipinski definition) is 1. The van der Waals surface area contributed by atoms with E-state index in [1.54, 1.807) is 36.9 Å². The molecule has 1 N–H and O–H groups in total. The van der Waals surface area contributed by atoms with Gasteiger partial charge in [0, 0.05) is 30.7 Å². The van der Waals surface area contributed by atoms with Crippen LogP contribution in [0.4, 0.5) is 11.6 Å². The maximum Gasteiger partial charge on any atom is 0.293 e. The molecule has 0 saturated carbocycles. The summed E-state index contributed by atoms with van der Waals surface area (Å²) in [5, 5.41) is 8.59. The van der Waals surface area contributed by atoms with Crippen LogP contribution in [0.5, 0.6) is 11.5 Å². The molecule has 0 bridgehead atoms. The van der Waals surface area contributed by atoms with E-state index < -0.39 is 5.56 Å². The number of ether oxygens (including phenoxy) is 3. The zero-order valence-electron chi connectivity index (χ0n) is 21.6. The van der Waals surface area contributed by atoms with Crippen LogP contribution in [-0.2, 0) is 4.74 Å². The average molecular weight is 513 g/mol. The summed E-state index contributed by atoms with van der Waals surface area (Å²) in [5.74, 6) is 2.13. The van der Waals surface area contributed by atoms with E-state index in [4.69, 9.17) is 29.3 Å². The molecule has 38 heavy (non-hydrogen) atoms. The second-order valence-electron chi connectivity index (χ2n) is 9.22. The van der Waals surface area contributed by atoms with Crippen molar-refractivity contribution in [1.82, 2.24) is 24.6 Å². The Morgan fingerprint density at radius 2 is 1.79 bits per heavy atom. The summed E-state index contributed by atoms with van der Waals surface area (Å²) in [6.07, 6.45) is 2.13. The Morgan fingerprint density at radius 1 is 0.974 bits per heavy atom. The molecular weight excluding hydrogens is 484 g/mol. The quantitative estimate of drug-likeness (QED) is 0.302. The highest BCUT2D eigenvalue weighted by Crippen LogP contribution is 2.31. The highest BCUT2D eigenvalue weighted by Gasteiger charge is 2.20. The maximum atomic E-state index is 12.5. The van der Waals surface area contributed by atoms with Gasteiger partial charge in [-0.2, -0.15) is 4.52 Å². The van der Waals surface area contributed by atoms with Gasteiger partial charge in [-0.25, -0.2) is 15.0 Å². The Labute approximate surface area is 219 Å². The standard InChI is InChI=1S/C28H28N6O4/c1-28(2,37-4)15-17-38-22-10-7-8-20-23(22)31-27(30-21-9-5-6-16-29-26(21)35)34-25(20)32-24(33-34)18-11-13-19(36-3)14-12-18/h5-14,16H,15,17H2,1-4H3,(H,29,30,31,35). The number of aromatic nitrogens is 5. The minimum atomic E-state index is -0.424. The first-order valence-corrected chi connectivity index (χ1v) is 12.1. The van der Waals surface area contributed by atoms with Crippen molar-refractivity contribution >= 4 is 28.2 Å². The molecule has 0 atom stereocenters. The van der Waals surface area contributed by atoms with Crippen LogP contribution in [0.2, 0.25) is 0 Å². The van der Waals surface area contributed by atoms with E-state index in [0.717, 1.165) is 16.7 Å². The molecule has 0 fully saturated rings. The number of anilines is 2. The lowest BCUT2D eigenvalue weighted by Gasteiger charge is -2.22. The molecule has 5 aromatic rings. The largest absolute Gasteiger partial charge is 0.497 e. The lowest BCUT2D eigenvalue weighted by atomic mass is 10.1. The van der Waals surface area contributed by atoms with Gasteiger partial charge in [0.1, 0.15) is 22.7 Å². The molecule has 0 spiro atoms. The lowest BCUT2D eigenvalue weighted by molar-refractivity contribution is 0.00556. The number of rotatable bonds is 9. The maximum absolute atomic E-state index is 12.5. The fourth-order valence-electron chi connectivity index (χ4n) is 3.84. The van der Waals surface area contributed by atoms with Gasteiger partial charge in [-0.05, 0) is 62.4 Å². The van der Waals surface area contributed by atoms with Crippen molar-refractivity contribution in [3.8, 4) is 22.9 Å². The van der Waals surface area contributed by atoms with E-state index in [9.17, 15) is 4.79 Å². The van der Waals surface area contributed by atoms with Gasteiger partial charge in [-0.3, -0.25) is 4.79 Å². The smallest absolute Gasteiger partial charge is 0.293 e. The fourth-order valence-corrected chi connectivity index (χ4v) is 3.84. The third-order valence-corrected chi connectivity index (χ3v) is 6.26. The number of hydrogen-bond acceptors (Lipinski definition) is 9. The zero-order valence-corrected chi connectivity index (χ0v) is 21.6. The zero-order chi connectivity index (χ0) is 26.7. The number of para-hydroxylation sites is 1. The van der Waals surface area contributed by atoms with Crippen LogP contribution in [0.3, 0.4) is 0 Å². The number of benzene rings is 2. The Hall–Kier alpha value is -4.57. The Bertz CT molecular complexity index is 1650. The second-order valence-corrected chi connectivity index (χ2v) is 9.22. The first-order valence-electron chi connectivity index (χ1n) is 12.1. The van der Waals surface area contributed by atoms with Crippen LogP contribution in [0.15, 0.2) is 71.7 Å². The molecule has 0 unspecified atom stereocenters. The first kappa shape index (κ1) is 25.1. The third-order valence-electron chi connectivity index (χ3n) is 6.26. The van der Waals surface area contributed by atoms with E-state index in [2.05, 4.69) is 10.3 Å². The summed E-state index contributed by atoms with van der Waals surface area (Å²) in [7, 11) is 3.30. The predicted molar refractivity (Wildman–Crippen MR) is 145 cm³/mol. The van der Waals surface area contributed by atoms with Gasteiger partial charge in [0.15, 0.2) is 11.5 Å². The van der Waals surface area contributed by atoms with E-state index >= 15 is 0 Å². The van der Waals surface area contributed by atoms with Crippen LogP contribution in [0, 0.1) is 0 Å². The molecule has 3 heterocycles. The Balaban J connectivity index is 1.65. The molecule has 0 saturated heterocycles. The van der Waals surface area contributed by atoms with Crippen LogP contribution in [0.25, 0.3) is 27.9 Å². The van der Waals surface area contributed by atoms with E-state index in [1.165, 1.54) is 6.20 Å². The van der Waals surface area contributed by atoms with Gasteiger partial charge in [-0.15, -0.1) is 5.10 Å². The summed E-state index contributed by atoms with van der Waals surface area (Å²) < 4.78 is 18.5. The van der Waals surface area contributed by atoms with Gasteiger partial charge in [0.05, 0.1) is 19.3 Å². The molecule has 0 aliphatic carbocycles. The monoisotopic (exact) mass is 512 g/mol. The van der Waals surface area contributed by atoms with Crippen molar-refractivity contribution in [3.63, 3.8) is 0 Å². The molecule has 10 heteroatoms. The SMILES string of the molecule is COc1ccc(-c2nc3c4cccc(OCCC(C)(C)OC)c4nc(Nc4ccccnc4=O)n3n2)cc1. The highest BCUT2D eigenvalue weighted by molar-refractivity contribution is 5.96. The first-order chi connectivity index (χ1) is 18.4. The van der Waals surface area contributed by atoms with Gasteiger partial charge in [0.2, 0.25) is 5.95 Å². The van der Waals surface area contributed by atoms with Gasteiger partial charge < -0.3 is 19.5 Å². The van der Waals surface area contributed by atoms with E-state index in [1.807, 2.05) is 56.3 Å². The molecule has 0 amide bonds. The van der Waals surface area contributed by atoms with Gasteiger partial charge >= 0.3 is 0 Å². The van der Waals surface area contributed by atoms with Crippen molar-refractivity contribution in [2.24, 2.45) is 0 Å². The molecule has 10 nitrogen and oxygen atoms in total. The molecule has 5 rings (SSSR count). The molecule has 194 valence electrons. The average Bonchev–Trinajstić information content (AvgIpc) is 3.29. The Morgan fingerprint density at radius 3 is 2.55 bits per heavy atom. The molecule has 2 aromatic carbocycles. The normalized spacial score (nSPS) is 11.6. The summed E-state index contributed by atoms with van der Waals surface area (Å²) in [4.78, 5) is 26.1. The predicted octanol–water partition coefficient (Wildman–Crippen LogP) is 4.65. The number of nitrogens with zero attached hydrogens (tertiary/aromatic N) is 5. The molecule has 0 aliphatic rings. The molecule has 0 aliphatic heterocycles. The fraction of sp³-hybridized carbons (Fsp3) is 0.250. The minimum Gasteiger partial charge on any atom is -0.497 e. The molecule has 0 radical (unpaired) electrons. The van der Waals surface area contributed by atoms with Crippen molar-refractivity contribution in [3.05, 3.63) is 77.2 Å². The van der Waals surface area contributed by atoms with Crippen LogP contribution >= 0.6 is 0 Å². The second kappa shape index (κ2) is 10.4. The van der Waals surface area contributed by atoms with Gasteiger partial charge in [-0.1, -0.05) is 12.1 Å². The van der Waals surface area contributed by atoms with Gasteiger partial charge in [0.25, 0.3) is 5.56 Å². The molecular formula is C28H28N6O4. The summed E-state index contributed by atoms with van der Waals surface area (Å²) in [5.41, 5.74) is 1.47. The Kier molecular flexibility index (Phi) is 6.89. The number of fused-ring (bicyclic) bond motifs is 3. The van der Waals surface area contributed by atoms with Crippen molar-refractivity contribution in [2.45, 2.75) is 25.9 Å². The lowest BCUT2D eigenvalue weighted by Crippen LogP contribution is -2.25. The van der Waals surface area contributed by atoms with Crippen LogP contribution in [0.1, 0.15) is 20.3 Å². The number of nitrogens with one attached hydrogen (secondary N) is 1. The summed E-state index contributed by atoms with van der Waals surface area (Å²) in [6.45, 7) is 4.45. The van der Waals surface area contributed by atoms with Crippen molar-refractivity contribution in [1.29, 1.82) is 0 Å². The van der Waals surface area contributed by atoms with Crippen molar-refractivity contribution in [2.75, 3.05) is 26.1 Å². The molecule has 3 aromatic heterocycles. The minimum absolute atomic E-state index is 0.255. The van der Waals surface area contributed by atoms with Crippen LogP contribution < -0.4 is 20.3 Å². The van der Waals surface area contributed by atoms with Crippen LogP contribution in [-0.4, -0.2) is 51.0 Å². The highest BCUT2D eigenvalue weighted by atomic mass is 16.5. The van der Waals surface area contributed by atoms with E-state index in [0.29, 0.717) is 41.7 Å². The van der Waals surface area contributed by atoms with E-state index in [-0.39, 0.29) is 11.3 Å². The third kappa shape index (κ3) is 5.12. The number of methoxy groups -OCH3 is 2. The summed E-state index contributed by atoms with van der Waals surface area (Å²) >= 11 is 0.